The Balaban J connectivity index is 2.49. The van der Waals surface area contributed by atoms with Gasteiger partial charge in [-0.2, -0.15) is 0 Å². The van der Waals surface area contributed by atoms with Crippen molar-refractivity contribution in [2.24, 2.45) is 5.41 Å². The molecule has 0 bridgehead atoms. The molecule has 2 nitrogen and oxygen atoms in total. The number of hydrogen-bond donors (Lipinski definition) is 1. The molecule has 1 rings (SSSR count). The summed E-state index contributed by atoms with van der Waals surface area (Å²) in [6.45, 7) is 7.38. The monoisotopic (exact) mass is 226 g/mol. The Bertz CT molecular complexity index is 310. The third kappa shape index (κ3) is 4.52. The van der Waals surface area contributed by atoms with Crippen molar-refractivity contribution in [3.8, 4) is 0 Å². The van der Waals surface area contributed by atoms with Crippen LogP contribution in [-0.2, 0) is 0 Å². The first-order valence-corrected chi connectivity index (χ1v) is 5.79. The average Bonchev–Trinajstić information content (AvgIpc) is 2.15. The maximum Gasteiger partial charge on any atom is 0.126 e. The molecule has 0 radical (unpaired) electrons. The van der Waals surface area contributed by atoms with Crippen molar-refractivity contribution in [1.29, 1.82) is 0 Å². The van der Waals surface area contributed by atoms with Crippen molar-refractivity contribution in [2.45, 2.75) is 27.2 Å². The van der Waals surface area contributed by atoms with E-state index in [1.165, 1.54) is 5.56 Å². The summed E-state index contributed by atoms with van der Waals surface area (Å²) < 4.78 is 0. The number of rotatable bonds is 5. The van der Waals surface area contributed by atoms with Crippen molar-refractivity contribution in [3.05, 3.63) is 23.9 Å². The highest BCUT2D eigenvalue weighted by molar-refractivity contribution is 6.17. The molecule has 0 saturated carbocycles. The highest BCUT2D eigenvalue weighted by Crippen LogP contribution is 2.21. The molecule has 0 atom stereocenters. The van der Waals surface area contributed by atoms with Crippen molar-refractivity contribution in [2.75, 3.05) is 17.7 Å². The number of aryl methyl sites for hydroxylation is 1. The van der Waals surface area contributed by atoms with Crippen molar-refractivity contribution in [1.82, 2.24) is 4.98 Å². The normalized spacial score (nSPS) is 11.5. The Morgan fingerprint density at radius 1 is 1.47 bits per heavy atom. The summed E-state index contributed by atoms with van der Waals surface area (Å²) in [6.07, 6.45) is 2.83. The van der Waals surface area contributed by atoms with Gasteiger partial charge >= 0.3 is 0 Å². The highest BCUT2D eigenvalue weighted by Gasteiger charge is 2.16. The van der Waals surface area contributed by atoms with Gasteiger partial charge in [-0.3, -0.25) is 0 Å². The van der Waals surface area contributed by atoms with Gasteiger partial charge in [0.2, 0.25) is 0 Å². The first-order chi connectivity index (χ1) is 7.03. The molecule has 0 aliphatic rings. The number of nitrogens with zero attached hydrogens (tertiary/aromatic N) is 1. The van der Waals surface area contributed by atoms with Gasteiger partial charge in [0.1, 0.15) is 5.82 Å². The summed E-state index contributed by atoms with van der Waals surface area (Å²) in [6, 6.07) is 4.05. The molecule has 1 aromatic heterocycles. The molecule has 0 spiro atoms. The number of hydrogen-bond acceptors (Lipinski definition) is 2. The summed E-state index contributed by atoms with van der Waals surface area (Å²) in [5.74, 6) is 1.65. The Kier molecular flexibility index (Phi) is 4.40. The standard InChI is InChI=1S/C12H19ClN2/c1-10-4-7-14-11(8-10)15-9-12(2,3)5-6-13/h4,7-8H,5-6,9H2,1-3H3,(H,14,15). The fraction of sp³-hybridized carbons (Fsp3) is 0.583. The van der Waals surface area contributed by atoms with Crippen LogP contribution in [0, 0.1) is 12.3 Å². The fourth-order valence-corrected chi connectivity index (χ4v) is 1.82. The molecular weight excluding hydrogens is 208 g/mol. The van der Waals surface area contributed by atoms with Gasteiger partial charge in [-0.05, 0) is 36.5 Å². The molecule has 0 aliphatic heterocycles. The first kappa shape index (κ1) is 12.3. The molecule has 0 aliphatic carbocycles. The third-order valence-electron chi connectivity index (χ3n) is 2.43. The molecule has 15 heavy (non-hydrogen) atoms. The topological polar surface area (TPSA) is 24.9 Å². The zero-order valence-electron chi connectivity index (χ0n) is 9.68. The van der Waals surface area contributed by atoms with Crippen LogP contribution in [0.2, 0.25) is 0 Å². The summed E-state index contributed by atoms with van der Waals surface area (Å²) in [5, 5.41) is 3.34. The lowest BCUT2D eigenvalue weighted by Crippen LogP contribution is -2.23. The second-order valence-corrected chi connectivity index (χ2v) is 5.05. The maximum absolute atomic E-state index is 5.75. The molecule has 3 heteroatoms. The molecule has 0 saturated heterocycles. The molecule has 0 aromatic carbocycles. The summed E-state index contributed by atoms with van der Waals surface area (Å²) >= 11 is 5.75. The molecule has 0 amide bonds. The Labute approximate surface area is 97.1 Å². The minimum absolute atomic E-state index is 0.215. The summed E-state index contributed by atoms with van der Waals surface area (Å²) in [4.78, 5) is 4.26. The van der Waals surface area contributed by atoms with Gasteiger partial charge in [0.15, 0.2) is 0 Å². The zero-order valence-corrected chi connectivity index (χ0v) is 10.4. The lowest BCUT2D eigenvalue weighted by Gasteiger charge is -2.24. The van der Waals surface area contributed by atoms with Crippen LogP contribution in [0.25, 0.3) is 0 Å². The van der Waals surface area contributed by atoms with E-state index in [4.69, 9.17) is 11.6 Å². The molecular formula is C12H19ClN2. The smallest absolute Gasteiger partial charge is 0.126 e. The zero-order chi connectivity index (χ0) is 11.3. The third-order valence-corrected chi connectivity index (χ3v) is 2.62. The van der Waals surface area contributed by atoms with Gasteiger partial charge in [0, 0.05) is 18.6 Å². The second-order valence-electron chi connectivity index (χ2n) is 4.68. The Hall–Kier alpha value is -0.760. The van der Waals surface area contributed by atoms with E-state index in [0.29, 0.717) is 5.88 Å². The van der Waals surface area contributed by atoms with Crippen LogP contribution in [0.3, 0.4) is 0 Å². The van der Waals surface area contributed by atoms with Crippen LogP contribution in [0.5, 0.6) is 0 Å². The van der Waals surface area contributed by atoms with E-state index in [2.05, 4.69) is 37.1 Å². The average molecular weight is 227 g/mol. The number of pyridine rings is 1. The van der Waals surface area contributed by atoms with Gasteiger partial charge in [0.25, 0.3) is 0 Å². The van der Waals surface area contributed by atoms with E-state index in [0.717, 1.165) is 18.8 Å². The van der Waals surface area contributed by atoms with Crippen molar-refractivity contribution < 1.29 is 0 Å². The van der Waals surface area contributed by atoms with Gasteiger partial charge in [0.05, 0.1) is 0 Å². The second kappa shape index (κ2) is 5.36. The predicted octanol–water partition coefficient (Wildman–Crippen LogP) is 3.46. The van der Waals surface area contributed by atoms with E-state index in [1.807, 2.05) is 12.3 Å². The maximum atomic E-state index is 5.75. The minimum Gasteiger partial charge on any atom is -0.370 e. The van der Waals surface area contributed by atoms with E-state index < -0.39 is 0 Å². The Morgan fingerprint density at radius 2 is 2.20 bits per heavy atom. The lowest BCUT2D eigenvalue weighted by atomic mass is 9.90. The fourth-order valence-electron chi connectivity index (χ4n) is 1.31. The minimum atomic E-state index is 0.215. The molecule has 84 valence electrons. The molecule has 0 fully saturated rings. The lowest BCUT2D eigenvalue weighted by molar-refractivity contribution is 0.379. The van der Waals surface area contributed by atoms with E-state index in [1.54, 1.807) is 0 Å². The van der Waals surface area contributed by atoms with Crippen LogP contribution >= 0.6 is 11.6 Å². The quantitative estimate of drug-likeness (QED) is 0.778. The van der Waals surface area contributed by atoms with Gasteiger partial charge in [-0.1, -0.05) is 13.8 Å². The highest BCUT2D eigenvalue weighted by atomic mass is 35.5. The van der Waals surface area contributed by atoms with E-state index in [-0.39, 0.29) is 5.41 Å². The van der Waals surface area contributed by atoms with Crippen LogP contribution < -0.4 is 5.32 Å². The van der Waals surface area contributed by atoms with Gasteiger partial charge < -0.3 is 5.32 Å². The van der Waals surface area contributed by atoms with E-state index in [9.17, 15) is 0 Å². The molecule has 1 N–H and O–H groups in total. The predicted molar refractivity (Wildman–Crippen MR) is 66.6 cm³/mol. The van der Waals surface area contributed by atoms with Crippen LogP contribution in [-0.4, -0.2) is 17.4 Å². The summed E-state index contributed by atoms with van der Waals surface area (Å²) in [7, 11) is 0. The number of aromatic nitrogens is 1. The van der Waals surface area contributed by atoms with Crippen LogP contribution in [0.1, 0.15) is 25.8 Å². The van der Waals surface area contributed by atoms with Gasteiger partial charge in [-0.25, -0.2) is 4.98 Å². The number of alkyl halides is 1. The number of nitrogens with one attached hydrogen (secondary N) is 1. The van der Waals surface area contributed by atoms with Gasteiger partial charge in [-0.15, -0.1) is 11.6 Å². The van der Waals surface area contributed by atoms with Crippen LogP contribution in [0.4, 0.5) is 5.82 Å². The SMILES string of the molecule is Cc1ccnc(NCC(C)(C)CCCl)c1. The van der Waals surface area contributed by atoms with Crippen molar-refractivity contribution in [3.63, 3.8) is 0 Å². The van der Waals surface area contributed by atoms with E-state index >= 15 is 0 Å². The molecule has 1 aromatic rings. The Morgan fingerprint density at radius 3 is 2.80 bits per heavy atom. The number of halogens is 1. The molecule has 1 heterocycles. The van der Waals surface area contributed by atoms with Crippen LogP contribution in [0.15, 0.2) is 18.3 Å². The first-order valence-electron chi connectivity index (χ1n) is 5.26. The van der Waals surface area contributed by atoms with Crippen molar-refractivity contribution >= 4 is 17.4 Å². The largest absolute Gasteiger partial charge is 0.370 e. The summed E-state index contributed by atoms with van der Waals surface area (Å²) in [5.41, 5.74) is 1.44. The molecule has 0 unspecified atom stereocenters. The number of anilines is 1.